The fourth-order valence-electron chi connectivity index (χ4n) is 3.10. The lowest BCUT2D eigenvalue weighted by Crippen LogP contribution is -2.47. The predicted octanol–water partition coefficient (Wildman–Crippen LogP) is 1.29. The molecule has 0 spiro atoms. The van der Waals surface area contributed by atoms with Gasteiger partial charge in [-0.05, 0) is 51.2 Å². The number of likely N-dealkylation sites (tertiary alicyclic amines) is 1. The average Bonchev–Trinajstić information content (AvgIpc) is 2.80. The number of nitrogens with one attached hydrogen (secondary N) is 1. The Morgan fingerprint density at radius 3 is 2.74 bits per heavy atom. The second-order valence-corrected chi connectivity index (χ2v) is 5.67. The van der Waals surface area contributed by atoms with Gasteiger partial charge in [0.05, 0.1) is 0 Å². The number of nitrogens with zero attached hydrogens (tertiary/aromatic N) is 1. The fourth-order valence-corrected chi connectivity index (χ4v) is 3.10. The number of benzene rings is 1. The molecule has 19 heavy (non-hydrogen) atoms. The SMILES string of the molecule is CNC1(Cc2ccc3c(c2)OCCO3)CCN(C)C1. The van der Waals surface area contributed by atoms with Crippen LogP contribution >= 0.6 is 0 Å². The third-order valence-electron chi connectivity index (χ3n) is 4.22. The normalized spacial score (nSPS) is 26.6. The molecule has 0 saturated carbocycles. The number of rotatable bonds is 3. The zero-order valence-corrected chi connectivity index (χ0v) is 11.7. The fraction of sp³-hybridized carbons (Fsp3) is 0.600. The van der Waals surface area contributed by atoms with E-state index in [4.69, 9.17) is 9.47 Å². The molecule has 0 aliphatic carbocycles. The molecule has 1 saturated heterocycles. The molecular formula is C15H22N2O2. The molecule has 3 rings (SSSR count). The summed E-state index contributed by atoms with van der Waals surface area (Å²) in [5.74, 6) is 1.76. The van der Waals surface area contributed by atoms with Crippen LogP contribution in [0.25, 0.3) is 0 Å². The molecule has 4 nitrogen and oxygen atoms in total. The Balaban J connectivity index is 1.79. The summed E-state index contributed by atoms with van der Waals surface area (Å²) in [5.41, 5.74) is 1.51. The Morgan fingerprint density at radius 1 is 1.26 bits per heavy atom. The second-order valence-electron chi connectivity index (χ2n) is 5.67. The third-order valence-corrected chi connectivity index (χ3v) is 4.22. The molecular weight excluding hydrogens is 240 g/mol. The van der Waals surface area contributed by atoms with E-state index < -0.39 is 0 Å². The minimum Gasteiger partial charge on any atom is -0.486 e. The lowest BCUT2D eigenvalue weighted by molar-refractivity contribution is 0.171. The van der Waals surface area contributed by atoms with Gasteiger partial charge in [-0.25, -0.2) is 0 Å². The molecule has 2 heterocycles. The first-order chi connectivity index (χ1) is 9.21. The standard InChI is InChI=1S/C15H22N2O2/c1-16-15(5-6-17(2)11-15)10-12-3-4-13-14(9-12)19-8-7-18-13/h3-4,9,16H,5-8,10-11H2,1-2H3. The van der Waals surface area contributed by atoms with Crippen molar-refractivity contribution in [2.24, 2.45) is 0 Å². The molecule has 1 aromatic carbocycles. The largest absolute Gasteiger partial charge is 0.486 e. The van der Waals surface area contributed by atoms with E-state index in [2.05, 4.69) is 36.4 Å². The summed E-state index contributed by atoms with van der Waals surface area (Å²) >= 11 is 0. The molecule has 2 aliphatic rings. The number of hydrogen-bond acceptors (Lipinski definition) is 4. The summed E-state index contributed by atoms with van der Waals surface area (Å²) in [6, 6.07) is 6.32. The molecule has 1 aromatic rings. The van der Waals surface area contributed by atoms with Crippen LogP contribution in [0.15, 0.2) is 18.2 Å². The van der Waals surface area contributed by atoms with Gasteiger partial charge in [0, 0.05) is 12.1 Å². The second kappa shape index (κ2) is 5.02. The lowest BCUT2D eigenvalue weighted by Gasteiger charge is -2.29. The lowest BCUT2D eigenvalue weighted by atomic mass is 9.90. The average molecular weight is 262 g/mol. The number of fused-ring (bicyclic) bond motifs is 1. The molecule has 1 atom stereocenters. The van der Waals surface area contributed by atoms with Crippen molar-refractivity contribution in [2.45, 2.75) is 18.4 Å². The van der Waals surface area contributed by atoms with E-state index in [1.165, 1.54) is 12.0 Å². The Bertz CT molecular complexity index is 463. The number of likely N-dealkylation sites (N-methyl/N-ethyl adjacent to an activating group) is 2. The smallest absolute Gasteiger partial charge is 0.161 e. The number of hydrogen-bond donors (Lipinski definition) is 1. The summed E-state index contributed by atoms with van der Waals surface area (Å²) in [6.07, 6.45) is 2.22. The first kappa shape index (κ1) is 12.8. The Hall–Kier alpha value is -1.26. The highest BCUT2D eigenvalue weighted by atomic mass is 16.6. The van der Waals surface area contributed by atoms with Gasteiger partial charge in [-0.3, -0.25) is 0 Å². The van der Waals surface area contributed by atoms with E-state index in [0.717, 1.165) is 31.0 Å². The molecule has 4 heteroatoms. The van der Waals surface area contributed by atoms with Crippen molar-refractivity contribution < 1.29 is 9.47 Å². The predicted molar refractivity (Wildman–Crippen MR) is 75.0 cm³/mol. The summed E-state index contributed by atoms with van der Waals surface area (Å²) < 4.78 is 11.2. The van der Waals surface area contributed by atoms with Crippen molar-refractivity contribution in [3.63, 3.8) is 0 Å². The van der Waals surface area contributed by atoms with Crippen LogP contribution in [-0.4, -0.2) is 50.8 Å². The number of ether oxygens (including phenoxy) is 2. The molecule has 1 fully saturated rings. The van der Waals surface area contributed by atoms with Crippen molar-refractivity contribution >= 4 is 0 Å². The van der Waals surface area contributed by atoms with Crippen LogP contribution in [-0.2, 0) is 6.42 Å². The van der Waals surface area contributed by atoms with Gasteiger partial charge in [-0.2, -0.15) is 0 Å². The maximum Gasteiger partial charge on any atom is 0.161 e. The van der Waals surface area contributed by atoms with Gasteiger partial charge in [0.15, 0.2) is 11.5 Å². The van der Waals surface area contributed by atoms with Gasteiger partial charge < -0.3 is 19.7 Å². The van der Waals surface area contributed by atoms with Crippen LogP contribution < -0.4 is 14.8 Å². The van der Waals surface area contributed by atoms with Crippen LogP contribution in [0.2, 0.25) is 0 Å². The molecule has 1 unspecified atom stereocenters. The van der Waals surface area contributed by atoms with Crippen molar-refractivity contribution in [1.29, 1.82) is 0 Å². The van der Waals surface area contributed by atoms with E-state index in [0.29, 0.717) is 13.2 Å². The summed E-state index contributed by atoms with van der Waals surface area (Å²) in [6.45, 7) is 3.55. The zero-order chi connectivity index (χ0) is 13.3. The van der Waals surface area contributed by atoms with Gasteiger partial charge in [0.1, 0.15) is 13.2 Å². The highest BCUT2D eigenvalue weighted by Gasteiger charge is 2.35. The van der Waals surface area contributed by atoms with E-state index in [-0.39, 0.29) is 5.54 Å². The van der Waals surface area contributed by atoms with Gasteiger partial charge in [0.25, 0.3) is 0 Å². The van der Waals surface area contributed by atoms with E-state index in [1.54, 1.807) is 0 Å². The van der Waals surface area contributed by atoms with Gasteiger partial charge in [0.2, 0.25) is 0 Å². The highest BCUT2D eigenvalue weighted by molar-refractivity contribution is 5.44. The van der Waals surface area contributed by atoms with Crippen molar-refractivity contribution in [2.75, 3.05) is 40.4 Å². The van der Waals surface area contributed by atoms with Crippen molar-refractivity contribution in [3.05, 3.63) is 23.8 Å². The molecule has 1 N–H and O–H groups in total. The minimum atomic E-state index is 0.193. The van der Waals surface area contributed by atoms with Crippen LogP contribution in [0.5, 0.6) is 11.5 Å². The first-order valence-electron chi connectivity index (χ1n) is 6.97. The molecule has 2 aliphatic heterocycles. The summed E-state index contributed by atoms with van der Waals surface area (Å²) in [7, 11) is 4.25. The summed E-state index contributed by atoms with van der Waals surface area (Å²) in [5, 5.41) is 3.52. The van der Waals surface area contributed by atoms with Gasteiger partial charge in [-0.15, -0.1) is 0 Å². The quantitative estimate of drug-likeness (QED) is 0.890. The molecule has 0 bridgehead atoms. The highest BCUT2D eigenvalue weighted by Crippen LogP contribution is 2.33. The zero-order valence-electron chi connectivity index (χ0n) is 11.7. The Kier molecular flexibility index (Phi) is 3.37. The maximum absolute atomic E-state index is 5.66. The Labute approximate surface area is 114 Å². The molecule has 0 aromatic heterocycles. The third kappa shape index (κ3) is 2.55. The summed E-state index contributed by atoms with van der Waals surface area (Å²) in [4.78, 5) is 2.38. The van der Waals surface area contributed by atoms with Crippen molar-refractivity contribution in [1.82, 2.24) is 10.2 Å². The van der Waals surface area contributed by atoms with Crippen LogP contribution in [0.4, 0.5) is 0 Å². The maximum atomic E-state index is 5.66. The van der Waals surface area contributed by atoms with Crippen LogP contribution in [0.1, 0.15) is 12.0 Å². The van der Waals surface area contributed by atoms with E-state index in [1.807, 2.05) is 6.07 Å². The molecule has 104 valence electrons. The first-order valence-corrected chi connectivity index (χ1v) is 6.97. The monoisotopic (exact) mass is 262 g/mol. The van der Waals surface area contributed by atoms with Crippen molar-refractivity contribution in [3.8, 4) is 11.5 Å². The molecule has 0 amide bonds. The van der Waals surface area contributed by atoms with Gasteiger partial charge >= 0.3 is 0 Å². The topological polar surface area (TPSA) is 33.7 Å². The minimum absolute atomic E-state index is 0.193. The molecule has 0 radical (unpaired) electrons. The van der Waals surface area contributed by atoms with Crippen LogP contribution in [0, 0.1) is 0 Å². The Morgan fingerprint density at radius 2 is 2.05 bits per heavy atom. The van der Waals surface area contributed by atoms with E-state index in [9.17, 15) is 0 Å². The van der Waals surface area contributed by atoms with Crippen LogP contribution in [0.3, 0.4) is 0 Å². The van der Waals surface area contributed by atoms with Gasteiger partial charge in [-0.1, -0.05) is 6.07 Å². The van der Waals surface area contributed by atoms with E-state index >= 15 is 0 Å².